The lowest BCUT2D eigenvalue weighted by atomic mass is 9.75. The highest BCUT2D eigenvalue weighted by Crippen LogP contribution is 2.44. The van der Waals surface area contributed by atoms with E-state index in [9.17, 15) is 14.7 Å². The molecule has 1 amide bonds. The molecule has 1 fully saturated rings. The fourth-order valence-corrected chi connectivity index (χ4v) is 7.71. The Morgan fingerprint density at radius 1 is 1.07 bits per heavy atom. The topological polar surface area (TPSA) is 95.4 Å². The van der Waals surface area contributed by atoms with Crippen molar-refractivity contribution in [3.63, 3.8) is 0 Å². The number of carbonyl (C=O) groups is 2. The summed E-state index contributed by atoms with van der Waals surface area (Å²) in [6.07, 6.45) is 7.42. The van der Waals surface area contributed by atoms with E-state index in [0.717, 1.165) is 66.5 Å². The number of thiazole rings is 1. The van der Waals surface area contributed by atoms with Gasteiger partial charge in [0, 0.05) is 47.3 Å². The van der Waals surface area contributed by atoms with E-state index in [1.54, 1.807) is 10.9 Å². The van der Waals surface area contributed by atoms with Gasteiger partial charge in [0.2, 0.25) is 0 Å². The van der Waals surface area contributed by atoms with Gasteiger partial charge in [0.1, 0.15) is 10.6 Å². The molecule has 0 bridgehead atoms. The predicted octanol–water partition coefficient (Wildman–Crippen LogP) is 7.70. The Kier molecular flexibility index (Phi) is 8.60. The first-order valence-electron chi connectivity index (χ1n) is 14.5. The maximum atomic E-state index is 12.5. The number of pyridine rings is 1. The van der Waals surface area contributed by atoms with E-state index in [0.29, 0.717) is 22.2 Å². The highest BCUT2D eigenvalue weighted by Gasteiger charge is 2.31. The summed E-state index contributed by atoms with van der Waals surface area (Å²) >= 11 is 2.71. The first-order chi connectivity index (χ1) is 20.4. The third-order valence-corrected chi connectivity index (χ3v) is 10.2. The van der Waals surface area contributed by atoms with Crippen molar-refractivity contribution in [3.05, 3.63) is 93.0 Å². The van der Waals surface area contributed by atoms with Crippen molar-refractivity contribution in [2.24, 2.45) is 11.8 Å². The number of hydrogen-bond donors (Lipinski definition) is 2. The van der Waals surface area contributed by atoms with Crippen molar-refractivity contribution in [3.8, 4) is 10.4 Å². The molecular weight excluding hydrogens is 565 g/mol. The molecule has 1 aliphatic carbocycles. The van der Waals surface area contributed by atoms with Crippen LogP contribution >= 0.6 is 22.7 Å². The van der Waals surface area contributed by atoms with Crippen molar-refractivity contribution in [2.45, 2.75) is 45.6 Å². The van der Waals surface area contributed by atoms with Gasteiger partial charge in [-0.25, -0.2) is 9.78 Å². The summed E-state index contributed by atoms with van der Waals surface area (Å²) in [5.74, 6) is 0.0957. The van der Waals surface area contributed by atoms with E-state index in [1.807, 2.05) is 42.6 Å². The molecule has 3 aromatic heterocycles. The molecule has 0 saturated heterocycles. The van der Waals surface area contributed by atoms with Crippen LogP contribution in [0, 0.1) is 11.8 Å². The SMILES string of the molecule is CC1CCC(C2=C(c3cc(-c4ccc(NC(=O)c5cscn5)cc4)sc3C(=O)O)CCN(Cc3ccccn3)C2)CC1. The average Bonchev–Trinajstić information content (AvgIpc) is 3.70. The molecule has 1 saturated carbocycles. The Labute approximate surface area is 254 Å². The number of aromatic nitrogens is 2. The third-order valence-electron chi connectivity index (χ3n) is 8.42. The standard InChI is InChI=1S/C33H34N4O3S2/c1-21-5-7-22(8-6-21)28-18-37(17-25-4-2-3-14-34-25)15-13-26(28)27-16-30(42-31(27)33(39)40)23-9-11-24(12-10-23)36-32(38)29-19-41-20-35-29/h2-4,9-12,14,16,19-22H,5-8,13,15,17-18H2,1H3,(H,36,38)(H,39,40). The van der Waals surface area contributed by atoms with E-state index in [2.05, 4.69) is 39.2 Å². The summed E-state index contributed by atoms with van der Waals surface area (Å²) in [5, 5.41) is 14.9. The fourth-order valence-electron chi connectivity index (χ4n) is 6.15. The second kappa shape index (κ2) is 12.7. The van der Waals surface area contributed by atoms with Crippen LogP contribution in [0.25, 0.3) is 16.0 Å². The number of thiophene rings is 1. The first-order valence-corrected chi connectivity index (χ1v) is 16.2. The third kappa shape index (κ3) is 6.38. The molecule has 6 rings (SSSR count). The summed E-state index contributed by atoms with van der Waals surface area (Å²) in [7, 11) is 0. The normalized spacial score (nSPS) is 19.5. The number of carboxylic acids is 1. The number of rotatable bonds is 8. The van der Waals surface area contributed by atoms with E-state index < -0.39 is 5.97 Å². The van der Waals surface area contributed by atoms with Crippen molar-refractivity contribution in [2.75, 3.05) is 18.4 Å². The van der Waals surface area contributed by atoms with Crippen LogP contribution in [0.15, 0.2) is 71.2 Å². The van der Waals surface area contributed by atoms with Crippen LogP contribution in [0.5, 0.6) is 0 Å². The van der Waals surface area contributed by atoms with Crippen molar-refractivity contribution >= 4 is 45.8 Å². The number of carboxylic acid groups (broad SMARTS) is 1. The lowest BCUT2D eigenvalue weighted by Gasteiger charge is -2.37. The van der Waals surface area contributed by atoms with Crippen LogP contribution in [-0.2, 0) is 6.54 Å². The molecule has 4 aromatic rings. The van der Waals surface area contributed by atoms with Gasteiger partial charge in [0.15, 0.2) is 0 Å². The van der Waals surface area contributed by atoms with E-state index in [1.165, 1.54) is 46.7 Å². The second-order valence-corrected chi connectivity index (χ2v) is 13.1. The van der Waals surface area contributed by atoms with Gasteiger partial charge < -0.3 is 10.4 Å². The van der Waals surface area contributed by atoms with Gasteiger partial charge in [-0.1, -0.05) is 38.0 Å². The predicted molar refractivity (Wildman–Crippen MR) is 169 cm³/mol. The Morgan fingerprint density at radius 2 is 1.88 bits per heavy atom. The maximum Gasteiger partial charge on any atom is 0.346 e. The Bertz CT molecular complexity index is 1570. The monoisotopic (exact) mass is 598 g/mol. The molecule has 7 nitrogen and oxygen atoms in total. The molecule has 0 atom stereocenters. The van der Waals surface area contributed by atoms with Gasteiger partial charge >= 0.3 is 5.97 Å². The van der Waals surface area contributed by atoms with Crippen molar-refractivity contribution < 1.29 is 14.7 Å². The largest absolute Gasteiger partial charge is 0.477 e. The van der Waals surface area contributed by atoms with Crippen LogP contribution in [0.2, 0.25) is 0 Å². The minimum atomic E-state index is -0.881. The molecule has 216 valence electrons. The van der Waals surface area contributed by atoms with Gasteiger partial charge in [0.25, 0.3) is 5.91 Å². The van der Waals surface area contributed by atoms with Gasteiger partial charge in [-0.3, -0.25) is 14.7 Å². The molecule has 0 unspecified atom stereocenters. The summed E-state index contributed by atoms with van der Waals surface area (Å²) in [6.45, 7) is 4.86. The number of hydrogen-bond acceptors (Lipinski definition) is 7. The number of anilines is 1. The molecule has 9 heteroatoms. The highest BCUT2D eigenvalue weighted by molar-refractivity contribution is 7.17. The van der Waals surface area contributed by atoms with Crippen LogP contribution in [0.1, 0.15) is 70.4 Å². The molecule has 2 N–H and O–H groups in total. The zero-order valence-corrected chi connectivity index (χ0v) is 25.2. The summed E-state index contributed by atoms with van der Waals surface area (Å²) in [5.41, 5.74) is 8.19. The van der Waals surface area contributed by atoms with E-state index in [-0.39, 0.29) is 5.91 Å². The molecule has 0 spiro atoms. The fraction of sp³-hybridized carbons (Fsp3) is 0.333. The molecule has 0 radical (unpaired) electrons. The smallest absolute Gasteiger partial charge is 0.346 e. The Hall–Kier alpha value is -3.66. The highest BCUT2D eigenvalue weighted by atomic mass is 32.1. The maximum absolute atomic E-state index is 12.5. The van der Waals surface area contributed by atoms with Crippen molar-refractivity contribution in [1.82, 2.24) is 14.9 Å². The van der Waals surface area contributed by atoms with E-state index in [4.69, 9.17) is 0 Å². The lowest BCUT2D eigenvalue weighted by molar-refractivity contribution is 0.0701. The van der Waals surface area contributed by atoms with Gasteiger partial charge in [-0.2, -0.15) is 0 Å². The number of carbonyl (C=O) groups excluding carboxylic acids is 1. The molecule has 2 aliphatic rings. The average molecular weight is 599 g/mol. The number of nitrogens with one attached hydrogen (secondary N) is 1. The van der Waals surface area contributed by atoms with Gasteiger partial charge in [-0.05, 0) is 78.1 Å². The summed E-state index contributed by atoms with van der Waals surface area (Å²) in [4.78, 5) is 37.3. The number of nitrogens with zero attached hydrogens (tertiary/aromatic N) is 3. The van der Waals surface area contributed by atoms with Crippen LogP contribution in [0.4, 0.5) is 5.69 Å². The van der Waals surface area contributed by atoms with Crippen molar-refractivity contribution in [1.29, 1.82) is 0 Å². The summed E-state index contributed by atoms with van der Waals surface area (Å²) in [6, 6.07) is 15.7. The second-order valence-electron chi connectivity index (χ2n) is 11.3. The van der Waals surface area contributed by atoms with Crippen LogP contribution in [-0.4, -0.2) is 44.9 Å². The first kappa shape index (κ1) is 28.5. The molecular formula is C33H34N4O3S2. The number of benzene rings is 1. The zero-order chi connectivity index (χ0) is 29.1. The Morgan fingerprint density at radius 3 is 2.57 bits per heavy atom. The molecule has 1 aromatic carbocycles. The van der Waals surface area contributed by atoms with E-state index >= 15 is 0 Å². The quantitative estimate of drug-likeness (QED) is 0.216. The minimum absolute atomic E-state index is 0.249. The zero-order valence-electron chi connectivity index (χ0n) is 23.6. The number of aromatic carboxylic acids is 1. The van der Waals surface area contributed by atoms with Gasteiger partial charge in [-0.15, -0.1) is 22.7 Å². The molecule has 42 heavy (non-hydrogen) atoms. The number of amides is 1. The van der Waals surface area contributed by atoms with Gasteiger partial charge in [0.05, 0.1) is 11.2 Å². The lowest BCUT2D eigenvalue weighted by Crippen LogP contribution is -2.34. The minimum Gasteiger partial charge on any atom is -0.477 e. The molecule has 1 aliphatic heterocycles. The molecule has 4 heterocycles. The Balaban J connectivity index is 1.30. The summed E-state index contributed by atoms with van der Waals surface area (Å²) < 4.78 is 0. The van der Waals surface area contributed by atoms with Crippen LogP contribution < -0.4 is 5.32 Å². The van der Waals surface area contributed by atoms with Crippen LogP contribution in [0.3, 0.4) is 0 Å².